The largest absolute Gasteiger partial charge is 0.417 e. The van der Waals surface area contributed by atoms with Crippen molar-refractivity contribution in [3.8, 4) is 0 Å². The molecule has 1 aromatic carbocycles. The summed E-state index contributed by atoms with van der Waals surface area (Å²) in [5.41, 5.74) is -1.25. The number of halogens is 4. The van der Waals surface area contributed by atoms with Crippen molar-refractivity contribution in [3.05, 3.63) is 41.4 Å². The van der Waals surface area contributed by atoms with E-state index in [4.69, 9.17) is 11.6 Å². The standard InChI is InChI=1S/C17H20ClF3N2O3S/c1-2-9-23(11-16(24)22-12-5-3-4-6-12)27(25,26)13-7-8-15(18)14(10-13)17(19,20)21/h2,7-8,10,12H,1,3-6,9,11H2,(H,22,24). The van der Waals surface area contributed by atoms with E-state index >= 15 is 0 Å². The third-order valence-electron chi connectivity index (χ3n) is 4.25. The molecule has 2 rings (SSSR count). The zero-order chi connectivity index (χ0) is 20.2. The number of nitrogens with zero attached hydrogens (tertiary/aromatic N) is 1. The molecule has 0 heterocycles. The van der Waals surface area contributed by atoms with Gasteiger partial charge in [-0.25, -0.2) is 8.42 Å². The molecule has 1 aromatic rings. The van der Waals surface area contributed by atoms with Gasteiger partial charge < -0.3 is 5.32 Å². The van der Waals surface area contributed by atoms with E-state index in [1.165, 1.54) is 6.08 Å². The summed E-state index contributed by atoms with van der Waals surface area (Å²) in [6.45, 7) is 2.73. The fourth-order valence-corrected chi connectivity index (χ4v) is 4.54. The first-order valence-corrected chi connectivity index (χ1v) is 10.1. The van der Waals surface area contributed by atoms with Gasteiger partial charge in [0.2, 0.25) is 15.9 Å². The zero-order valence-corrected chi connectivity index (χ0v) is 16.0. The van der Waals surface area contributed by atoms with E-state index in [2.05, 4.69) is 11.9 Å². The number of carbonyl (C=O) groups excluding carboxylic acids is 1. The van der Waals surface area contributed by atoms with Crippen molar-refractivity contribution in [2.75, 3.05) is 13.1 Å². The monoisotopic (exact) mass is 424 g/mol. The number of amides is 1. The maximum absolute atomic E-state index is 13.0. The smallest absolute Gasteiger partial charge is 0.352 e. The predicted molar refractivity (Wildman–Crippen MR) is 95.8 cm³/mol. The molecule has 10 heteroatoms. The van der Waals surface area contributed by atoms with E-state index in [-0.39, 0.29) is 12.6 Å². The summed E-state index contributed by atoms with van der Waals surface area (Å²) in [7, 11) is -4.35. The van der Waals surface area contributed by atoms with Gasteiger partial charge >= 0.3 is 6.18 Å². The van der Waals surface area contributed by atoms with Crippen molar-refractivity contribution >= 4 is 27.5 Å². The van der Waals surface area contributed by atoms with Crippen LogP contribution in [0.15, 0.2) is 35.7 Å². The van der Waals surface area contributed by atoms with Gasteiger partial charge in [-0.1, -0.05) is 30.5 Å². The van der Waals surface area contributed by atoms with E-state index in [9.17, 15) is 26.4 Å². The minimum atomic E-state index is -4.80. The second-order valence-corrected chi connectivity index (χ2v) is 8.62. The van der Waals surface area contributed by atoms with Crippen molar-refractivity contribution in [2.45, 2.75) is 42.8 Å². The highest BCUT2D eigenvalue weighted by atomic mass is 35.5. The molecule has 0 spiro atoms. The van der Waals surface area contributed by atoms with Gasteiger partial charge in [0.1, 0.15) is 0 Å². The van der Waals surface area contributed by atoms with Gasteiger partial charge in [-0.15, -0.1) is 6.58 Å². The first-order chi connectivity index (χ1) is 12.6. The molecule has 1 amide bonds. The lowest BCUT2D eigenvalue weighted by Gasteiger charge is -2.22. The number of alkyl halides is 3. The van der Waals surface area contributed by atoms with Gasteiger partial charge in [0.05, 0.1) is 22.0 Å². The lowest BCUT2D eigenvalue weighted by atomic mass is 10.2. The zero-order valence-electron chi connectivity index (χ0n) is 14.4. The molecule has 0 aromatic heterocycles. The molecule has 0 unspecified atom stereocenters. The molecule has 0 atom stereocenters. The number of benzene rings is 1. The quantitative estimate of drug-likeness (QED) is 0.680. The molecule has 0 aliphatic heterocycles. The van der Waals surface area contributed by atoms with Crippen molar-refractivity contribution < 1.29 is 26.4 Å². The average molecular weight is 425 g/mol. The Morgan fingerprint density at radius 2 is 1.96 bits per heavy atom. The third kappa shape index (κ3) is 5.46. The van der Waals surface area contributed by atoms with Crippen LogP contribution in [-0.2, 0) is 21.0 Å². The second kappa shape index (κ2) is 8.62. The number of hydrogen-bond acceptors (Lipinski definition) is 3. The second-order valence-electron chi connectivity index (χ2n) is 6.27. The summed E-state index contributed by atoms with van der Waals surface area (Å²) < 4.78 is 65.4. The molecule has 150 valence electrons. The van der Waals surface area contributed by atoms with Crippen molar-refractivity contribution in [2.24, 2.45) is 0 Å². The molecule has 1 aliphatic rings. The highest BCUT2D eigenvalue weighted by Gasteiger charge is 2.35. The van der Waals surface area contributed by atoms with Crippen LogP contribution in [0.3, 0.4) is 0 Å². The van der Waals surface area contributed by atoms with Crippen molar-refractivity contribution in [1.29, 1.82) is 0 Å². The number of carbonyl (C=O) groups is 1. The summed E-state index contributed by atoms with van der Waals surface area (Å²) in [5, 5.41) is 2.15. The summed E-state index contributed by atoms with van der Waals surface area (Å²) in [4.78, 5) is 11.6. The maximum atomic E-state index is 13.0. The SMILES string of the molecule is C=CCN(CC(=O)NC1CCCC1)S(=O)(=O)c1ccc(Cl)c(C(F)(F)F)c1. The van der Waals surface area contributed by atoms with Crippen LogP contribution in [-0.4, -0.2) is 37.8 Å². The maximum Gasteiger partial charge on any atom is 0.417 e. The van der Waals surface area contributed by atoms with Crippen LogP contribution in [0.2, 0.25) is 5.02 Å². The van der Waals surface area contributed by atoms with Crippen LogP contribution in [0.1, 0.15) is 31.2 Å². The van der Waals surface area contributed by atoms with Gasteiger partial charge in [0.25, 0.3) is 0 Å². The summed E-state index contributed by atoms with van der Waals surface area (Å²) in [6, 6.07) is 2.33. The number of rotatable bonds is 7. The molecule has 1 fully saturated rings. The van der Waals surface area contributed by atoms with Gasteiger partial charge in [0.15, 0.2) is 0 Å². The molecule has 1 saturated carbocycles. The van der Waals surface area contributed by atoms with Gasteiger partial charge in [-0.05, 0) is 31.0 Å². The number of sulfonamides is 1. The number of hydrogen-bond donors (Lipinski definition) is 1. The Labute approximate surface area is 161 Å². The molecule has 5 nitrogen and oxygen atoms in total. The first kappa shape index (κ1) is 21.7. The van der Waals surface area contributed by atoms with Crippen LogP contribution >= 0.6 is 11.6 Å². The summed E-state index contributed by atoms with van der Waals surface area (Å²) in [6.07, 6.45) is 0.0973. The Morgan fingerprint density at radius 3 is 2.52 bits per heavy atom. The lowest BCUT2D eigenvalue weighted by Crippen LogP contribution is -2.43. The average Bonchev–Trinajstić information content (AvgIpc) is 3.06. The van der Waals surface area contributed by atoms with Gasteiger partial charge in [0, 0.05) is 12.6 Å². The molecular formula is C17H20ClF3N2O3S. The van der Waals surface area contributed by atoms with Crippen LogP contribution in [0.25, 0.3) is 0 Å². The topological polar surface area (TPSA) is 66.5 Å². The molecular weight excluding hydrogens is 405 g/mol. The normalized spacial score (nSPS) is 15.9. The highest BCUT2D eigenvalue weighted by molar-refractivity contribution is 7.89. The molecule has 0 bridgehead atoms. The molecule has 27 heavy (non-hydrogen) atoms. The van der Waals surface area contributed by atoms with E-state index in [0.717, 1.165) is 42.1 Å². The Balaban J connectivity index is 2.26. The molecule has 0 radical (unpaired) electrons. The van der Waals surface area contributed by atoms with E-state index in [0.29, 0.717) is 6.07 Å². The van der Waals surface area contributed by atoms with E-state index in [1.807, 2.05) is 0 Å². The lowest BCUT2D eigenvalue weighted by molar-refractivity contribution is -0.137. The fraction of sp³-hybridized carbons (Fsp3) is 0.471. The Hall–Kier alpha value is -1.58. The summed E-state index contributed by atoms with van der Waals surface area (Å²) in [5.74, 6) is -0.502. The first-order valence-electron chi connectivity index (χ1n) is 8.33. The van der Waals surface area contributed by atoms with Crippen LogP contribution < -0.4 is 5.32 Å². The summed E-state index contributed by atoms with van der Waals surface area (Å²) >= 11 is 5.54. The molecule has 0 saturated heterocycles. The Bertz CT molecular complexity index is 806. The van der Waals surface area contributed by atoms with E-state index < -0.39 is 44.1 Å². The van der Waals surface area contributed by atoms with Crippen molar-refractivity contribution in [1.82, 2.24) is 9.62 Å². The molecule has 1 N–H and O–H groups in total. The van der Waals surface area contributed by atoms with Gasteiger partial charge in [-0.2, -0.15) is 17.5 Å². The highest BCUT2D eigenvalue weighted by Crippen LogP contribution is 2.36. The Kier molecular flexibility index (Phi) is 6.93. The van der Waals surface area contributed by atoms with Gasteiger partial charge in [-0.3, -0.25) is 4.79 Å². The van der Waals surface area contributed by atoms with E-state index in [1.54, 1.807) is 0 Å². The van der Waals surface area contributed by atoms with Crippen LogP contribution in [0.5, 0.6) is 0 Å². The minimum Gasteiger partial charge on any atom is -0.352 e. The molecule has 1 aliphatic carbocycles. The minimum absolute atomic E-state index is 0.00171. The third-order valence-corrected chi connectivity index (χ3v) is 6.39. The van der Waals surface area contributed by atoms with Crippen molar-refractivity contribution in [3.63, 3.8) is 0 Å². The predicted octanol–water partition coefficient (Wildman–Crippen LogP) is 3.59. The number of nitrogens with one attached hydrogen (secondary N) is 1. The van der Waals surface area contributed by atoms with Crippen LogP contribution in [0, 0.1) is 0 Å². The fourth-order valence-electron chi connectivity index (χ4n) is 2.93. The Morgan fingerprint density at radius 1 is 1.33 bits per heavy atom. The van der Waals surface area contributed by atoms with Crippen LogP contribution in [0.4, 0.5) is 13.2 Å².